The number of nitrogens with zero attached hydrogens (tertiary/aromatic N) is 2. The minimum absolute atomic E-state index is 0.122. The molecule has 2 heterocycles. The van der Waals surface area contributed by atoms with Crippen molar-refractivity contribution in [3.05, 3.63) is 123 Å². The van der Waals surface area contributed by atoms with Gasteiger partial charge in [-0.2, -0.15) is 10.2 Å². The highest BCUT2D eigenvalue weighted by molar-refractivity contribution is 5.99. The highest BCUT2D eigenvalue weighted by Crippen LogP contribution is 2.20. The van der Waals surface area contributed by atoms with Gasteiger partial charge in [0.05, 0.1) is 22.6 Å². The lowest BCUT2D eigenvalue weighted by Crippen LogP contribution is -2.40. The highest BCUT2D eigenvalue weighted by atomic mass is 16.3. The quantitative estimate of drug-likeness (QED) is 0.245. The Bertz CT molecular complexity index is 1780. The van der Waals surface area contributed by atoms with Crippen molar-refractivity contribution in [2.45, 2.75) is 6.04 Å². The number of aromatic amines is 1. The third kappa shape index (κ3) is 4.76. The first kappa shape index (κ1) is 23.4. The molecule has 0 radical (unpaired) electrons. The maximum atomic E-state index is 13.3. The van der Waals surface area contributed by atoms with E-state index in [9.17, 15) is 19.2 Å². The van der Waals surface area contributed by atoms with Crippen molar-refractivity contribution in [1.29, 1.82) is 0 Å². The first-order valence-corrected chi connectivity index (χ1v) is 11.2. The zero-order chi connectivity index (χ0) is 25.8. The molecule has 37 heavy (non-hydrogen) atoms. The number of hydrogen-bond donors (Lipinski definition) is 3. The second-order valence-electron chi connectivity index (χ2n) is 8.01. The van der Waals surface area contributed by atoms with Crippen LogP contribution < -0.4 is 21.7 Å². The number of carbonyl (C=O) groups excluding carboxylic acids is 2. The lowest BCUT2D eigenvalue weighted by molar-refractivity contribution is -0.123. The molecular weight excluding hydrogens is 474 g/mol. The van der Waals surface area contributed by atoms with E-state index >= 15 is 0 Å². The Labute approximate surface area is 208 Å². The molecule has 5 rings (SSSR count). The largest absolute Gasteiger partial charge is 0.463 e. The van der Waals surface area contributed by atoms with Crippen LogP contribution in [-0.4, -0.2) is 28.2 Å². The third-order valence-electron chi connectivity index (χ3n) is 5.66. The van der Waals surface area contributed by atoms with Crippen LogP contribution in [0.4, 0.5) is 0 Å². The molecule has 5 aromatic rings. The zero-order valence-electron chi connectivity index (χ0n) is 19.2. The first-order chi connectivity index (χ1) is 18.0. The van der Waals surface area contributed by atoms with Crippen LogP contribution >= 0.6 is 0 Å². The highest BCUT2D eigenvalue weighted by Gasteiger charge is 2.27. The maximum absolute atomic E-state index is 13.3. The van der Waals surface area contributed by atoms with E-state index < -0.39 is 23.4 Å². The van der Waals surface area contributed by atoms with E-state index in [1.54, 1.807) is 78.9 Å². The molecule has 1 atom stereocenters. The van der Waals surface area contributed by atoms with E-state index in [4.69, 9.17) is 4.42 Å². The molecule has 0 spiro atoms. The second-order valence-corrected chi connectivity index (χ2v) is 8.01. The van der Waals surface area contributed by atoms with Gasteiger partial charge >= 0.3 is 0 Å². The molecule has 0 saturated heterocycles. The van der Waals surface area contributed by atoms with Crippen molar-refractivity contribution >= 4 is 39.8 Å². The Morgan fingerprint density at radius 1 is 0.892 bits per heavy atom. The maximum Gasteiger partial charge on any atom is 0.272 e. The number of nitrogens with one attached hydrogen (secondary N) is 3. The van der Waals surface area contributed by atoms with Crippen LogP contribution in [0.3, 0.4) is 0 Å². The topological polar surface area (TPSA) is 147 Å². The summed E-state index contributed by atoms with van der Waals surface area (Å²) in [4.78, 5) is 51.1. The van der Waals surface area contributed by atoms with E-state index in [0.29, 0.717) is 27.3 Å². The smallest absolute Gasteiger partial charge is 0.272 e. The third-order valence-corrected chi connectivity index (χ3v) is 5.66. The van der Waals surface area contributed by atoms with Crippen LogP contribution in [0.5, 0.6) is 0 Å². The van der Waals surface area contributed by atoms with Gasteiger partial charge in [0, 0.05) is 10.9 Å². The predicted octanol–water partition coefficient (Wildman–Crippen LogP) is 2.65. The number of benzene rings is 3. The molecule has 3 N–H and O–H groups in total. The van der Waals surface area contributed by atoms with Crippen LogP contribution in [0.15, 0.2) is 104 Å². The Kier molecular flexibility index (Phi) is 6.37. The first-order valence-electron chi connectivity index (χ1n) is 11.2. The number of para-hydroxylation sites is 1. The van der Waals surface area contributed by atoms with Crippen LogP contribution in [0, 0.1) is 0 Å². The second kappa shape index (κ2) is 10.1. The Morgan fingerprint density at radius 3 is 2.35 bits per heavy atom. The van der Waals surface area contributed by atoms with Gasteiger partial charge in [0.25, 0.3) is 17.4 Å². The number of hydrazone groups is 1. The van der Waals surface area contributed by atoms with Crippen molar-refractivity contribution in [3.63, 3.8) is 0 Å². The number of carbonyl (C=O) groups is 2. The Balaban J connectivity index is 1.47. The summed E-state index contributed by atoms with van der Waals surface area (Å²) in [6, 6.07) is 20.4. The van der Waals surface area contributed by atoms with Gasteiger partial charge in [0.15, 0.2) is 6.04 Å². The normalized spacial score (nSPS) is 12.0. The SMILES string of the molecule is O=C(NC(C(=O)N/N=C\c1coc2ccccc2c1=O)c1n[nH]c(=O)c2ccccc12)c1ccccc1. The van der Waals surface area contributed by atoms with Gasteiger partial charge in [-0.3, -0.25) is 19.2 Å². The molecule has 0 aliphatic heterocycles. The lowest BCUT2D eigenvalue weighted by atomic mass is 10.0. The summed E-state index contributed by atoms with van der Waals surface area (Å²) in [6.45, 7) is 0. The van der Waals surface area contributed by atoms with Crippen LogP contribution in [0.25, 0.3) is 21.7 Å². The molecule has 1 unspecified atom stereocenters. The average molecular weight is 493 g/mol. The van der Waals surface area contributed by atoms with E-state index in [1.165, 1.54) is 6.26 Å². The number of rotatable bonds is 6. The number of aromatic nitrogens is 2. The van der Waals surface area contributed by atoms with Gasteiger partial charge in [0.1, 0.15) is 17.5 Å². The zero-order valence-corrected chi connectivity index (χ0v) is 19.2. The molecule has 2 amide bonds. The summed E-state index contributed by atoms with van der Waals surface area (Å²) in [5, 5.41) is 14.0. The molecule has 0 saturated carbocycles. The van der Waals surface area contributed by atoms with Gasteiger partial charge in [-0.25, -0.2) is 10.5 Å². The summed E-state index contributed by atoms with van der Waals surface area (Å²) >= 11 is 0. The van der Waals surface area contributed by atoms with E-state index in [-0.39, 0.29) is 16.7 Å². The van der Waals surface area contributed by atoms with Gasteiger partial charge in [0.2, 0.25) is 5.43 Å². The summed E-state index contributed by atoms with van der Waals surface area (Å²) in [6.07, 6.45) is 2.40. The fourth-order valence-corrected chi connectivity index (χ4v) is 3.83. The molecule has 182 valence electrons. The standard InChI is InChI=1S/C27H19N5O5/c33-24-17(15-37-21-13-7-6-12-20(21)24)14-28-31-27(36)23(29-25(34)16-8-2-1-3-9-16)22-18-10-4-5-11-19(18)26(35)32-30-22/h1-15,23H,(H,29,34)(H,31,36)(H,32,35)/b28-14-. The molecule has 2 aromatic heterocycles. The van der Waals surface area contributed by atoms with Crippen molar-refractivity contribution in [2.75, 3.05) is 0 Å². The summed E-state index contributed by atoms with van der Waals surface area (Å²) in [5.41, 5.74) is 2.58. The molecule has 0 aliphatic rings. The molecular formula is C27H19N5O5. The van der Waals surface area contributed by atoms with Gasteiger partial charge in [-0.05, 0) is 30.3 Å². The summed E-state index contributed by atoms with van der Waals surface area (Å²) < 4.78 is 5.45. The number of fused-ring (bicyclic) bond motifs is 2. The predicted molar refractivity (Wildman–Crippen MR) is 137 cm³/mol. The van der Waals surface area contributed by atoms with Crippen LogP contribution in [0.2, 0.25) is 0 Å². The molecule has 0 aliphatic carbocycles. The van der Waals surface area contributed by atoms with Crippen molar-refractivity contribution in [2.24, 2.45) is 5.10 Å². The van der Waals surface area contributed by atoms with Crippen LogP contribution in [-0.2, 0) is 4.79 Å². The molecule has 10 nitrogen and oxygen atoms in total. The minimum Gasteiger partial charge on any atom is -0.463 e. The van der Waals surface area contributed by atoms with Crippen LogP contribution in [0.1, 0.15) is 27.7 Å². The molecule has 3 aromatic carbocycles. The molecule has 0 bridgehead atoms. The summed E-state index contributed by atoms with van der Waals surface area (Å²) in [5.74, 6) is -1.27. The van der Waals surface area contributed by atoms with E-state index in [2.05, 4.69) is 26.0 Å². The van der Waals surface area contributed by atoms with Gasteiger partial charge in [-0.15, -0.1) is 0 Å². The Hall–Kier alpha value is -5.38. The monoisotopic (exact) mass is 493 g/mol. The fourth-order valence-electron chi connectivity index (χ4n) is 3.83. The van der Waals surface area contributed by atoms with E-state index in [1.807, 2.05) is 0 Å². The number of H-pyrrole nitrogens is 1. The van der Waals surface area contributed by atoms with Crippen molar-refractivity contribution < 1.29 is 14.0 Å². The number of amides is 2. The fraction of sp³-hybridized carbons (Fsp3) is 0.0370. The number of hydrogen-bond acceptors (Lipinski definition) is 7. The Morgan fingerprint density at radius 2 is 1.57 bits per heavy atom. The lowest BCUT2D eigenvalue weighted by Gasteiger charge is -2.18. The molecule has 0 fully saturated rings. The molecule has 10 heteroatoms. The summed E-state index contributed by atoms with van der Waals surface area (Å²) in [7, 11) is 0. The van der Waals surface area contributed by atoms with Crippen molar-refractivity contribution in [1.82, 2.24) is 20.9 Å². The van der Waals surface area contributed by atoms with Gasteiger partial charge in [-0.1, -0.05) is 48.5 Å². The van der Waals surface area contributed by atoms with Crippen molar-refractivity contribution in [3.8, 4) is 0 Å². The van der Waals surface area contributed by atoms with E-state index in [0.717, 1.165) is 6.21 Å². The average Bonchev–Trinajstić information content (AvgIpc) is 2.94. The minimum atomic E-state index is -1.32. The van der Waals surface area contributed by atoms with Gasteiger partial charge < -0.3 is 9.73 Å².